The maximum absolute atomic E-state index is 11.4. The molecule has 0 radical (unpaired) electrons. The first-order chi connectivity index (χ1) is 8.74. The largest absolute Gasteiger partial charge is 0.493 e. The molecule has 2 rings (SSSR count). The summed E-state index contributed by atoms with van der Waals surface area (Å²) < 4.78 is 5.74. The third-order valence-electron chi connectivity index (χ3n) is 2.85. The molecule has 0 saturated carbocycles. The number of carbonyl (C=O) groups excluding carboxylic acids is 1. The van der Waals surface area contributed by atoms with Gasteiger partial charge < -0.3 is 4.74 Å². The van der Waals surface area contributed by atoms with Crippen LogP contribution < -0.4 is 4.74 Å². The fourth-order valence-corrected chi connectivity index (χ4v) is 2.06. The number of carbonyl (C=O) groups is 1. The molecule has 18 heavy (non-hydrogen) atoms. The van der Waals surface area contributed by atoms with Gasteiger partial charge in [-0.2, -0.15) is 0 Å². The predicted molar refractivity (Wildman–Crippen MR) is 74.5 cm³/mol. The number of fused-ring (bicyclic) bond motifs is 1. The predicted octanol–water partition coefficient (Wildman–Crippen LogP) is 4.40. The van der Waals surface area contributed by atoms with Gasteiger partial charge >= 0.3 is 0 Å². The average molecular weight is 263 g/mol. The Morgan fingerprint density at radius 1 is 1.17 bits per heavy atom. The minimum Gasteiger partial charge on any atom is -0.493 e. The molecule has 0 amide bonds. The van der Waals surface area contributed by atoms with Crippen molar-refractivity contribution in [2.45, 2.75) is 19.8 Å². The second-order valence-electron chi connectivity index (χ2n) is 4.13. The summed E-state index contributed by atoms with van der Waals surface area (Å²) in [5.74, 6) is 0.806. The summed E-state index contributed by atoms with van der Waals surface area (Å²) in [6, 6.07) is 11.2. The zero-order chi connectivity index (χ0) is 13.0. The van der Waals surface area contributed by atoms with E-state index >= 15 is 0 Å². The second-order valence-corrected chi connectivity index (χ2v) is 4.48. The first kappa shape index (κ1) is 12.9. The van der Waals surface area contributed by atoms with Gasteiger partial charge in [0.25, 0.3) is 5.24 Å². The summed E-state index contributed by atoms with van der Waals surface area (Å²) in [5.41, 5.74) is 0.523. The number of rotatable bonds is 5. The van der Waals surface area contributed by atoms with Crippen LogP contribution in [0.4, 0.5) is 0 Å². The Morgan fingerprint density at radius 2 is 1.89 bits per heavy atom. The maximum atomic E-state index is 11.4. The van der Waals surface area contributed by atoms with Crippen LogP contribution in [-0.4, -0.2) is 11.8 Å². The van der Waals surface area contributed by atoms with Gasteiger partial charge in [0.05, 0.1) is 6.61 Å². The van der Waals surface area contributed by atoms with Gasteiger partial charge in [-0.05, 0) is 35.5 Å². The van der Waals surface area contributed by atoms with E-state index in [-0.39, 0.29) is 0 Å². The lowest BCUT2D eigenvalue weighted by Gasteiger charge is -2.10. The summed E-state index contributed by atoms with van der Waals surface area (Å²) in [6.07, 6.45) is 2.11. The van der Waals surface area contributed by atoms with Crippen LogP contribution in [0.3, 0.4) is 0 Å². The molecule has 94 valence electrons. The number of hydrogen-bond donors (Lipinski definition) is 0. The molecule has 2 aromatic carbocycles. The van der Waals surface area contributed by atoms with E-state index in [1.165, 1.54) is 0 Å². The van der Waals surface area contributed by atoms with Crippen LogP contribution >= 0.6 is 11.6 Å². The van der Waals surface area contributed by atoms with Crippen LogP contribution in [0.25, 0.3) is 10.8 Å². The SMILES string of the molecule is CCCCOc1ccc(C(=O)Cl)c2ccccc12. The summed E-state index contributed by atoms with van der Waals surface area (Å²) in [4.78, 5) is 11.4. The second kappa shape index (κ2) is 5.87. The molecular weight excluding hydrogens is 248 g/mol. The zero-order valence-corrected chi connectivity index (χ0v) is 11.0. The standard InChI is InChI=1S/C15H15ClO2/c1-2-3-10-18-14-9-8-13(15(16)17)11-6-4-5-7-12(11)14/h4-9H,2-3,10H2,1H3. The first-order valence-electron chi connectivity index (χ1n) is 6.08. The lowest BCUT2D eigenvalue weighted by molar-refractivity contribution is 0.108. The van der Waals surface area contributed by atoms with E-state index in [1.807, 2.05) is 30.3 Å². The van der Waals surface area contributed by atoms with Crippen LogP contribution in [0.5, 0.6) is 5.75 Å². The highest BCUT2D eigenvalue weighted by atomic mass is 35.5. The van der Waals surface area contributed by atoms with Crippen LogP contribution in [0, 0.1) is 0 Å². The maximum Gasteiger partial charge on any atom is 0.253 e. The molecule has 3 heteroatoms. The minimum absolute atomic E-state index is 0.439. The fourth-order valence-electron chi connectivity index (χ4n) is 1.90. The van der Waals surface area contributed by atoms with E-state index < -0.39 is 5.24 Å². The molecule has 0 N–H and O–H groups in total. The molecule has 0 spiro atoms. The molecule has 0 aliphatic rings. The van der Waals surface area contributed by atoms with E-state index in [1.54, 1.807) is 6.07 Å². The van der Waals surface area contributed by atoms with Gasteiger partial charge in [-0.3, -0.25) is 4.79 Å². The van der Waals surface area contributed by atoms with Crippen molar-refractivity contribution in [3.63, 3.8) is 0 Å². The van der Waals surface area contributed by atoms with E-state index in [9.17, 15) is 4.79 Å². The van der Waals surface area contributed by atoms with Crippen LogP contribution in [-0.2, 0) is 0 Å². The number of hydrogen-bond acceptors (Lipinski definition) is 2. The Balaban J connectivity index is 2.44. The summed E-state index contributed by atoms with van der Waals surface area (Å²) in [7, 11) is 0. The average Bonchev–Trinajstić information content (AvgIpc) is 2.38. The van der Waals surface area contributed by atoms with Gasteiger partial charge in [-0.1, -0.05) is 37.6 Å². The van der Waals surface area contributed by atoms with Crippen molar-refractivity contribution in [3.8, 4) is 5.75 Å². The van der Waals surface area contributed by atoms with Crippen LogP contribution in [0.15, 0.2) is 36.4 Å². The smallest absolute Gasteiger partial charge is 0.253 e. The Hall–Kier alpha value is -1.54. The molecule has 0 saturated heterocycles. The molecule has 0 aliphatic carbocycles. The lowest BCUT2D eigenvalue weighted by Crippen LogP contribution is -1.99. The fraction of sp³-hybridized carbons (Fsp3) is 0.267. The number of ether oxygens (including phenoxy) is 1. The molecule has 0 bridgehead atoms. The quantitative estimate of drug-likeness (QED) is 0.590. The third-order valence-corrected chi connectivity index (χ3v) is 3.05. The topological polar surface area (TPSA) is 26.3 Å². The van der Waals surface area contributed by atoms with E-state index in [0.717, 1.165) is 29.4 Å². The molecule has 0 heterocycles. The third kappa shape index (κ3) is 2.65. The summed E-state index contributed by atoms with van der Waals surface area (Å²) in [6.45, 7) is 2.81. The van der Waals surface area contributed by atoms with Gasteiger partial charge in [0.15, 0.2) is 0 Å². The molecule has 0 aromatic heterocycles. The Kier molecular flexibility index (Phi) is 4.21. The Morgan fingerprint density at radius 3 is 2.56 bits per heavy atom. The lowest BCUT2D eigenvalue weighted by atomic mass is 10.0. The van der Waals surface area contributed by atoms with Crippen molar-refractivity contribution >= 4 is 27.6 Å². The van der Waals surface area contributed by atoms with Gasteiger partial charge in [0.1, 0.15) is 5.75 Å². The molecule has 2 nitrogen and oxygen atoms in total. The number of unbranched alkanes of at least 4 members (excludes halogenated alkanes) is 1. The van der Waals surface area contributed by atoms with Crippen molar-refractivity contribution in [2.24, 2.45) is 0 Å². The van der Waals surface area contributed by atoms with Gasteiger partial charge in [-0.15, -0.1) is 0 Å². The Bertz CT molecular complexity index is 563. The normalized spacial score (nSPS) is 10.6. The molecule has 0 aliphatic heterocycles. The van der Waals surface area contributed by atoms with E-state index in [0.29, 0.717) is 12.2 Å². The number of benzene rings is 2. The monoisotopic (exact) mass is 262 g/mol. The zero-order valence-electron chi connectivity index (χ0n) is 10.3. The van der Waals surface area contributed by atoms with Crippen LogP contribution in [0.2, 0.25) is 0 Å². The highest BCUT2D eigenvalue weighted by Gasteiger charge is 2.10. The highest BCUT2D eigenvalue weighted by Crippen LogP contribution is 2.29. The summed E-state index contributed by atoms with van der Waals surface area (Å²) in [5, 5.41) is 1.33. The molecule has 2 aromatic rings. The molecule has 0 fully saturated rings. The van der Waals surface area contributed by atoms with Crippen molar-refractivity contribution in [3.05, 3.63) is 42.0 Å². The van der Waals surface area contributed by atoms with Crippen molar-refractivity contribution in [2.75, 3.05) is 6.61 Å². The van der Waals surface area contributed by atoms with Crippen molar-refractivity contribution < 1.29 is 9.53 Å². The van der Waals surface area contributed by atoms with Gasteiger partial charge in [0, 0.05) is 10.9 Å². The summed E-state index contributed by atoms with van der Waals surface area (Å²) >= 11 is 5.58. The minimum atomic E-state index is -0.439. The molecular formula is C15H15ClO2. The van der Waals surface area contributed by atoms with E-state index in [2.05, 4.69) is 6.92 Å². The number of halogens is 1. The van der Waals surface area contributed by atoms with Crippen molar-refractivity contribution in [1.82, 2.24) is 0 Å². The highest BCUT2D eigenvalue weighted by molar-refractivity contribution is 6.68. The van der Waals surface area contributed by atoms with Crippen LogP contribution in [0.1, 0.15) is 30.1 Å². The van der Waals surface area contributed by atoms with Crippen molar-refractivity contribution in [1.29, 1.82) is 0 Å². The van der Waals surface area contributed by atoms with Gasteiger partial charge in [-0.25, -0.2) is 0 Å². The molecule has 0 unspecified atom stereocenters. The Labute approximate surface area is 112 Å². The first-order valence-corrected chi connectivity index (χ1v) is 6.46. The van der Waals surface area contributed by atoms with E-state index in [4.69, 9.17) is 16.3 Å². The van der Waals surface area contributed by atoms with Gasteiger partial charge in [0.2, 0.25) is 0 Å². The molecule has 0 atom stereocenters.